The Kier molecular flexibility index (Phi) is 5.86. The summed E-state index contributed by atoms with van der Waals surface area (Å²) in [5.74, 6) is 1.07. The van der Waals surface area contributed by atoms with E-state index < -0.39 is 18.1 Å². The Morgan fingerprint density at radius 3 is 2.88 bits per heavy atom. The van der Waals surface area contributed by atoms with Crippen LogP contribution in [0.15, 0.2) is 24.4 Å². The molecule has 0 saturated carbocycles. The molecule has 1 unspecified atom stereocenters. The minimum absolute atomic E-state index is 0.237. The third kappa shape index (κ3) is 4.30. The standard InChI is InChI=1S/C23H27FN8O2/c1-12(2)15-10-19(31-30-15)27-21-14-6-7-17(33)20(14)28-23(29-21)32-9-3-4-16(32)22(34)26-13-5-8-18(24)25-11-13/h5,8,10-12,16-17,33H,3-4,6-7,9H2,1-2H3,(H,26,34)(H2,27,28,29,30,31)/t16-,17?/m1/s1. The number of nitrogens with one attached hydrogen (secondary N) is 3. The normalized spacial score (nSPS) is 19.5. The molecule has 10 nitrogen and oxygen atoms in total. The SMILES string of the molecule is CC(C)c1cc(Nc2nc(N3CCC[C@@H]3C(=O)Nc3ccc(F)nc3)nc3c2CCC3O)n[nH]1. The van der Waals surface area contributed by atoms with Crippen molar-refractivity contribution in [3.63, 3.8) is 0 Å². The number of pyridine rings is 1. The maximum Gasteiger partial charge on any atom is 0.247 e. The van der Waals surface area contributed by atoms with Gasteiger partial charge in [0.2, 0.25) is 17.8 Å². The zero-order chi connectivity index (χ0) is 23.8. The number of halogens is 1. The van der Waals surface area contributed by atoms with Gasteiger partial charge in [-0.3, -0.25) is 9.89 Å². The molecule has 2 atom stereocenters. The van der Waals surface area contributed by atoms with Crippen molar-refractivity contribution in [3.8, 4) is 0 Å². The summed E-state index contributed by atoms with van der Waals surface area (Å²) >= 11 is 0. The number of aromatic amines is 1. The number of H-pyrrole nitrogens is 1. The fourth-order valence-corrected chi connectivity index (χ4v) is 4.43. The second-order valence-corrected chi connectivity index (χ2v) is 8.99. The minimum atomic E-state index is -0.678. The van der Waals surface area contributed by atoms with Crippen LogP contribution in [0, 0.1) is 5.95 Å². The van der Waals surface area contributed by atoms with Crippen LogP contribution < -0.4 is 15.5 Å². The topological polar surface area (TPSA) is 132 Å². The van der Waals surface area contributed by atoms with E-state index in [2.05, 4.69) is 44.6 Å². The molecule has 1 amide bonds. The van der Waals surface area contributed by atoms with Gasteiger partial charge in [0.05, 0.1) is 23.7 Å². The average molecular weight is 467 g/mol. The Balaban J connectivity index is 1.42. The highest BCUT2D eigenvalue weighted by Crippen LogP contribution is 2.37. The highest BCUT2D eigenvalue weighted by molar-refractivity contribution is 5.96. The monoisotopic (exact) mass is 466 g/mol. The fraction of sp³-hybridized carbons (Fsp3) is 0.435. The van der Waals surface area contributed by atoms with Crippen LogP contribution in [-0.2, 0) is 11.2 Å². The van der Waals surface area contributed by atoms with Crippen molar-refractivity contribution < 1.29 is 14.3 Å². The molecule has 1 saturated heterocycles. The van der Waals surface area contributed by atoms with E-state index in [4.69, 9.17) is 4.98 Å². The number of aliphatic hydroxyl groups excluding tert-OH is 1. The van der Waals surface area contributed by atoms with Crippen LogP contribution in [0.25, 0.3) is 0 Å². The van der Waals surface area contributed by atoms with Crippen LogP contribution in [0.4, 0.5) is 27.7 Å². The van der Waals surface area contributed by atoms with Gasteiger partial charge < -0.3 is 20.6 Å². The smallest absolute Gasteiger partial charge is 0.247 e. The highest BCUT2D eigenvalue weighted by atomic mass is 19.1. The largest absolute Gasteiger partial charge is 0.387 e. The number of rotatable bonds is 6. The second-order valence-electron chi connectivity index (χ2n) is 8.99. The van der Waals surface area contributed by atoms with Gasteiger partial charge in [0, 0.05) is 23.9 Å². The van der Waals surface area contributed by atoms with Gasteiger partial charge in [-0.25, -0.2) is 9.97 Å². The number of aromatic nitrogens is 5. The molecule has 1 aliphatic carbocycles. The minimum Gasteiger partial charge on any atom is -0.387 e. The average Bonchev–Trinajstić information content (AvgIpc) is 3.56. The molecule has 11 heteroatoms. The maximum atomic E-state index is 13.1. The van der Waals surface area contributed by atoms with E-state index in [9.17, 15) is 14.3 Å². The van der Waals surface area contributed by atoms with Crippen molar-refractivity contribution in [2.75, 3.05) is 22.1 Å². The molecule has 4 N–H and O–H groups in total. The molecule has 1 fully saturated rings. The Morgan fingerprint density at radius 1 is 1.29 bits per heavy atom. The van der Waals surface area contributed by atoms with Crippen LogP contribution in [-0.4, -0.2) is 48.7 Å². The summed E-state index contributed by atoms with van der Waals surface area (Å²) in [6.45, 7) is 4.76. The molecule has 1 aliphatic heterocycles. The number of nitrogens with zero attached hydrogens (tertiary/aromatic N) is 5. The molecule has 0 spiro atoms. The second kappa shape index (κ2) is 8.98. The summed E-state index contributed by atoms with van der Waals surface area (Å²) in [6, 6.07) is 4.11. The van der Waals surface area contributed by atoms with E-state index in [1.807, 2.05) is 11.0 Å². The third-order valence-electron chi connectivity index (χ3n) is 6.28. The summed E-state index contributed by atoms with van der Waals surface area (Å²) in [5, 5.41) is 24.0. The fourth-order valence-electron chi connectivity index (χ4n) is 4.43. The van der Waals surface area contributed by atoms with Gasteiger partial charge in [-0.1, -0.05) is 13.8 Å². The highest BCUT2D eigenvalue weighted by Gasteiger charge is 2.35. The summed E-state index contributed by atoms with van der Waals surface area (Å²) in [5.41, 5.74) is 2.87. The number of amides is 1. The molecule has 4 heterocycles. The maximum absolute atomic E-state index is 13.1. The Labute approximate surface area is 196 Å². The predicted octanol–water partition coefficient (Wildman–Crippen LogP) is 3.19. The van der Waals surface area contributed by atoms with Gasteiger partial charge in [0.1, 0.15) is 11.9 Å². The molecular weight excluding hydrogens is 439 g/mol. The summed E-state index contributed by atoms with van der Waals surface area (Å²) in [7, 11) is 0. The van der Waals surface area contributed by atoms with Crippen molar-refractivity contribution in [1.29, 1.82) is 0 Å². The van der Waals surface area contributed by atoms with E-state index in [-0.39, 0.29) is 5.91 Å². The van der Waals surface area contributed by atoms with Crippen molar-refractivity contribution in [1.82, 2.24) is 25.1 Å². The lowest BCUT2D eigenvalue weighted by atomic mass is 10.1. The van der Waals surface area contributed by atoms with Gasteiger partial charge >= 0.3 is 0 Å². The summed E-state index contributed by atoms with van der Waals surface area (Å²) in [6.07, 6.45) is 3.25. The number of carbonyl (C=O) groups is 1. The molecule has 0 bridgehead atoms. The third-order valence-corrected chi connectivity index (χ3v) is 6.28. The zero-order valence-corrected chi connectivity index (χ0v) is 19.0. The first kappa shape index (κ1) is 22.2. The number of aliphatic hydroxyl groups is 1. The van der Waals surface area contributed by atoms with Crippen LogP contribution in [0.1, 0.15) is 62.1 Å². The molecule has 34 heavy (non-hydrogen) atoms. The van der Waals surface area contributed by atoms with Gasteiger partial charge in [0.25, 0.3) is 0 Å². The first-order valence-electron chi connectivity index (χ1n) is 11.5. The van der Waals surface area contributed by atoms with Crippen molar-refractivity contribution in [2.24, 2.45) is 0 Å². The molecule has 0 radical (unpaired) electrons. The molecule has 3 aromatic rings. The van der Waals surface area contributed by atoms with Crippen molar-refractivity contribution >= 4 is 29.2 Å². The molecular formula is C23H27FN8O2. The van der Waals surface area contributed by atoms with Gasteiger partial charge in [-0.15, -0.1) is 0 Å². The molecule has 3 aromatic heterocycles. The lowest BCUT2D eigenvalue weighted by Gasteiger charge is -2.25. The quantitative estimate of drug-likeness (QED) is 0.407. The molecule has 178 valence electrons. The lowest BCUT2D eigenvalue weighted by molar-refractivity contribution is -0.117. The molecule has 0 aromatic carbocycles. The van der Waals surface area contributed by atoms with Crippen LogP contribution in [0.3, 0.4) is 0 Å². The summed E-state index contributed by atoms with van der Waals surface area (Å²) < 4.78 is 13.1. The van der Waals surface area contributed by atoms with Crippen LogP contribution >= 0.6 is 0 Å². The predicted molar refractivity (Wildman–Crippen MR) is 124 cm³/mol. The lowest BCUT2D eigenvalue weighted by Crippen LogP contribution is -2.40. The number of anilines is 4. The Bertz CT molecular complexity index is 1200. The van der Waals surface area contributed by atoms with Gasteiger partial charge in [0.15, 0.2) is 5.82 Å². The summed E-state index contributed by atoms with van der Waals surface area (Å²) in [4.78, 5) is 27.9. The number of carbonyl (C=O) groups excluding carboxylic acids is 1. The van der Waals surface area contributed by atoms with E-state index in [1.54, 1.807) is 0 Å². The first-order chi connectivity index (χ1) is 16.4. The van der Waals surface area contributed by atoms with Crippen molar-refractivity contribution in [2.45, 2.75) is 57.6 Å². The number of hydrogen-bond acceptors (Lipinski definition) is 8. The Hall–Kier alpha value is -3.60. The number of hydrogen-bond donors (Lipinski definition) is 4. The molecule has 2 aliphatic rings. The van der Waals surface area contributed by atoms with Crippen LogP contribution in [0.5, 0.6) is 0 Å². The first-order valence-corrected chi connectivity index (χ1v) is 11.5. The molecule has 5 rings (SSSR count). The van der Waals surface area contributed by atoms with E-state index in [0.29, 0.717) is 60.7 Å². The van der Waals surface area contributed by atoms with Crippen molar-refractivity contribution in [3.05, 3.63) is 47.3 Å². The van der Waals surface area contributed by atoms with E-state index >= 15 is 0 Å². The zero-order valence-electron chi connectivity index (χ0n) is 19.0. The van der Waals surface area contributed by atoms with Crippen LogP contribution in [0.2, 0.25) is 0 Å². The number of fused-ring (bicyclic) bond motifs is 1. The van der Waals surface area contributed by atoms with Gasteiger partial charge in [-0.05, 0) is 43.7 Å². The Morgan fingerprint density at radius 2 is 2.15 bits per heavy atom. The van der Waals surface area contributed by atoms with Gasteiger partial charge in [-0.2, -0.15) is 14.5 Å². The van der Waals surface area contributed by atoms with E-state index in [0.717, 1.165) is 17.7 Å². The van der Waals surface area contributed by atoms with E-state index in [1.165, 1.54) is 18.3 Å².